The van der Waals surface area contributed by atoms with Gasteiger partial charge in [-0.1, -0.05) is 24.3 Å². The summed E-state index contributed by atoms with van der Waals surface area (Å²) in [6, 6.07) is 20.8. The molecule has 0 heterocycles. The summed E-state index contributed by atoms with van der Waals surface area (Å²) in [5.41, 5.74) is 3.52. The van der Waals surface area contributed by atoms with Crippen molar-refractivity contribution in [2.45, 2.75) is 6.92 Å². The number of nitro groups is 1. The van der Waals surface area contributed by atoms with E-state index in [1.807, 2.05) is 0 Å². The average Bonchev–Trinajstić information content (AvgIpc) is 2.69. The summed E-state index contributed by atoms with van der Waals surface area (Å²) in [6.07, 6.45) is 0. The Morgan fingerprint density at radius 1 is 0.893 bits per heavy atom. The van der Waals surface area contributed by atoms with Gasteiger partial charge in [0.15, 0.2) is 10.9 Å². The van der Waals surface area contributed by atoms with Crippen molar-refractivity contribution in [1.82, 2.24) is 0 Å². The van der Waals surface area contributed by atoms with Gasteiger partial charge in [-0.05, 0) is 67.2 Å². The molecule has 3 aromatic carbocycles. The first kappa shape index (κ1) is 19.2. The molecule has 2 N–H and O–H groups in total. The molecule has 7 heteroatoms. The Kier molecular flexibility index (Phi) is 5.76. The SMILES string of the molecule is CC(=O)c1ccc(NC(=S)Nc2ccc(-c3ccccc3[N+](=O)[O-])cc2)cc1. The smallest absolute Gasteiger partial charge is 0.277 e. The van der Waals surface area contributed by atoms with Crippen molar-refractivity contribution in [1.29, 1.82) is 0 Å². The van der Waals surface area contributed by atoms with Crippen LogP contribution in [0.4, 0.5) is 17.1 Å². The Hall–Kier alpha value is -3.58. The molecule has 0 saturated carbocycles. The zero-order chi connectivity index (χ0) is 20.1. The second-order valence-electron chi connectivity index (χ2n) is 6.06. The van der Waals surface area contributed by atoms with Crippen LogP contribution in [0.5, 0.6) is 0 Å². The summed E-state index contributed by atoms with van der Waals surface area (Å²) in [6.45, 7) is 1.52. The normalized spacial score (nSPS) is 10.2. The molecular formula is C21H17N3O3S. The van der Waals surface area contributed by atoms with Crippen LogP contribution in [-0.4, -0.2) is 15.8 Å². The molecule has 0 bridgehead atoms. The summed E-state index contributed by atoms with van der Waals surface area (Å²) < 4.78 is 0. The molecule has 28 heavy (non-hydrogen) atoms. The maximum atomic E-state index is 11.3. The highest BCUT2D eigenvalue weighted by Crippen LogP contribution is 2.30. The number of nitrogens with zero attached hydrogens (tertiary/aromatic N) is 1. The summed E-state index contributed by atoms with van der Waals surface area (Å²) >= 11 is 5.31. The predicted molar refractivity (Wildman–Crippen MR) is 115 cm³/mol. The lowest BCUT2D eigenvalue weighted by Gasteiger charge is -2.11. The highest BCUT2D eigenvalue weighted by molar-refractivity contribution is 7.80. The minimum atomic E-state index is -0.391. The summed E-state index contributed by atoms with van der Waals surface area (Å²) in [7, 11) is 0. The molecular weight excluding hydrogens is 374 g/mol. The van der Waals surface area contributed by atoms with Crippen molar-refractivity contribution in [2.24, 2.45) is 0 Å². The van der Waals surface area contributed by atoms with Gasteiger partial charge < -0.3 is 10.6 Å². The van der Waals surface area contributed by atoms with Crippen molar-refractivity contribution < 1.29 is 9.72 Å². The van der Waals surface area contributed by atoms with E-state index in [0.717, 1.165) is 16.9 Å². The second kappa shape index (κ2) is 8.41. The molecule has 0 aliphatic carbocycles. The number of carbonyl (C=O) groups is 1. The first-order chi connectivity index (χ1) is 13.4. The maximum Gasteiger partial charge on any atom is 0.277 e. The Morgan fingerprint density at radius 2 is 1.43 bits per heavy atom. The highest BCUT2D eigenvalue weighted by Gasteiger charge is 2.13. The number of ketones is 1. The second-order valence-corrected chi connectivity index (χ2v) is 6.47. The Balaban J connectivity index is 1.68. The molecule has 0 spiro atoms. The molecule has 0 atom stereocenters. The number of rotatable bonds is 5. The first-order valence-corrected chi connectivity index (χ1v) is 8.88. The van der Waals surface area contributed by atoms with E-state index in [1.54, 1.807) is 66.7 Å². The van der Waals surface area contributed by atoms with E-state index in [2.05, 4.69) is 10.6 Å². The van der Waals surface area contributed by atoms with E-state index in [1.165, 1.54) is 13.0 Å². The van der Waals surface area contributed by atoms with Crippen LogP contribution in [0.2, 0.25) is 0 Å². The minimum Gasteiger partial charge on any atom is -0.332 e. The lowest BCUT2D eigenvalue weighted by Crippen LogP contribution is -2.19. The number of nitro benzene ring substituents is 1. The molecule has 0 radical (unpaired) electrons. The van der Waals surface area contributed by atoms with Crippen LogP contribution in [0.3, 0.4) is 0 Å². The van der Waals surface area contributed by atoms with Gasteiger partial charge in [-0.25, -0.2) is 0 Å². The van der Waals surface area contributed by atoms with E-state index in [-0.39, 0.29) is 11.5 Å². The fraction of sp³-hybridized carbons (Fsp3) is 0.0476. The number of thiocarbonyl (C=S) groups is 1. The lowest BCUT2D eigenvalue weighted by molar-refractivity contribution is -0.384. The van der Waals surface area contributed by atoms with E-state index in [9.17, 15) is 14.9 Å². The summed E-state index contributed by atoms with van der Waals surface area (Å²) in [5.74, 6) is 0.00555. The number of para-hydroxylation sites is 1. The molecule has 6 nitrogen and oxygen atoms in total. The van der Waals surface area contributed by atoms with E-state index >= 15 is 0 Å². The summed E-state index contributed by atoms with van der Waals surface area (Å²) in [5, 5.41) is 17.7. The van der Waals surface area contributed by atoms with Gasteiger partial charge in [-0.2, -0.15) is 0 Å². The molecule has 0 aliphatic rings. The lowest BCUT2D eigenvalue weighted by atomic mass is 10.0. The number of carbonyl (C=O) groups excluding carboxylic acids is 1. The Bertz CT molecular complexity index is 1030. The van der Waals surface area contributed by atoms with Crippen molar-refractivity contribution in [3.05, 3.63) is 88.5 Å². The van der Waals surface area contributed by atoms with Gasteiger partial charge in [0.2, 0.25) is 0 Å². The number of hydrogen-bond acceptors (Lipinski definition) is 4. The fourth-order valence-corrected chi connectivity index (χ4v) is 2.93. The molecule has 0 aliphatic heterocycles. The van der Waals surface area contributed by atoms with Crippen LogP contribution >= 0.6 is 12.2 Å². The van der Waals surface area contributed by atoms with Crippen molar-refractivity contribution in [2.75, 3.05) is 10.6 Å². The van der Waals surface area contributed by atoms with Crippen LogP contribution in [0.25, 0.3) is 11.1 Å². The monoisotopic (exact) mass is 391 g/mol. The van der Waals surface area contributed by atoms with Crippen LogP contribution in [-0.2, 0) is 0 Å². The molecule has 0 fully saturated rings. The van der Waals surface area contributed by atoms with Gasteiger partial charge >= 0.3 is 0 Å². The summed E-state index contributed by atoms with van der Waals surface area (Å²) in [4.78, 5) is 22.1. The van der Waals surface area contributed by atoms with Gasteiger partial charge in [0.05, 0.1) is 10.5 Å². The molecule has 0 aromatic heterocycles. The van der Waals surface area contributed by atoms with Crippen LogP contribution < -0.4 is 10.6 Å². The maximum absolute atomic E-state index is 11.3. The number of benzene rings is 3. The zero-order valence-corrected chi connectivity index (χ0v) is 15.8. The minimum absolute atomic E-state index is 0.00555. The van der Waals surface area contributed by atoms with Crippen molar-refractivity contribution in [3.63, 3.8) is 0 Å². The Labute approximate surface area is 167 Å². The zero-order valence-electron chi connectivity index (χ0n) is 15.0. The Morgan fingerprint density at radius 3 is 1.96 bits per heavy atom. The van der Waals surface area contributed by atoms with Crippen LogP contribution in [0, 0.1) is 10.1 Å². The molecule has 3 rings (SSSR count). The molecule has 0 amide bonds. The standard InChI is InChI=1S/C21H17N3O3S/c1-14(25)15-6-10-17(11-7-15)22-21(28)23-18-12-8-16(9-13-18)19-4-2-3-5-20(19)24(26)27/h2-13H,1H3,(H2,22,23,28). The highest BCUT2D eigenvalue weighted by atomic mass is 32.1. The number of anilines is 2. The van der Waals surface area contributed by atoms with E-state index in [4.69, 9.17) is 12.2 Å². The average molecular weight is 391 g/mol. The topological polar surface area (TPSA) is 84.3 Å². The molecule has 3 aromatic rings. The number of hydrogen-bond donors (Lipinski definition) is 2. The van der Waals surface area contributed by atoms with Crippen LogP contribution in [0.15, 0.2) is 72.8 Å². The van der Waals surface area contributed by atoms with Gasteiger partial charge in [0.1, 0.15) is 0 Å². The largest absolute Gasteiger partial charge is 0.332 e. The van der Waals surface area contributed by atoms with E-state index < -0.39 is 4.92 Å². The van der Waals surface area contributed by atoms with E-state index in [0.29, 0.717) is 16.2 Å². The van der Waals surface area contributed by atoms with Crippen LogP contribution in [0.1, 0.15) is 17.3 Å². The van der Waals surface area contributed by atoms with Gasteiger partial charge in [-0.3, -0.25) is 14.9 Å². The van der Waals surface area contributed by atoms with Gasteiger partial charge in [-0.15, -0.1) is 0 Å². The molecule has 0 unspecified atom stereocenters. The molecule has 140 valence electrons. The third-order valence-corrected chi connectivity index (χ3v) is 4.31. The first-order valence-electron chi connectivity index (χ1n) is 8.47. The predicted octanol–water partition coefficient (Wildman–Crippen LogP) is 5.27. The van der Waals surface area contributed by atoms with Crippen molar-refractivity contribution in [3.8, 4) is 11.1 Å². The third kappa shape index (κ3) is 4.57. The quantitative estimate of drug-likeness (QED) is 0.267. The molecule has 0 saturated heterocycles. The number of nitrogens with one attached hydrogen (secondary N) is 2. The number of Topliss-reactive ketones (excluding diaryl/α,β-unsaturated/α-hetero) is 1. The fourth-order valence-electron chi connectivity index (χ4n) is 2.69. The van der Waals surface area contributed by atoms with Gasteiger partial charge in [0, 0.05) is 23.0 Å². The van der Waals surface area contributed by atoms with Gasteiger partial charge in [0.25, 0.3) is 5.69 Å². The third-order valence-electron chi connectivity index (χ3n) is 4.10. The van der Waals surface area contributed by atoms with Crippen molar-refractivity contribution >= 4 is 40.2 Å².